The van der Waals surface area contributed by atoms with Crippen LogP contribution >= 0.6 is 12.4 Å². The summed E-state index contributed by atoms with van der Waals surface area (Å²) < 4.78 is 22.5. The Hall–Kier alpha value is -3.59. The zero-order valence-electron chi connectivity index (χ0n) is 27.7. The van der Waals surface area contributed by atoms with E-state index in [-0.39, 0.29) is 53.3 Å². The maximum absolute atomic E-state index is 13.9. The summed E-state index contributed by atoms with van der Waals surface area (Å²) in [5.41, 5.74) is 2.37. The van der Waals surface area contributed by atoms with Gasteiger partial charge in [-0.25, -0.2) is 0 Å². The Labute approximate surface area is 290 Å². The van der Waals surface area contributed by atoms with Gasteiger partial charge in [0.25, 0.3) is 0 Å². The van der Waals surface area contributed by atoms with Gasteiger partial charge in [-0.05, 0) is 19.4 Å². The van der Waals surface area contributed by atoms with Crippen molar-refractivity contribution in [2.24, 2.45) is 5.73 Å². The number of rotatable bonds is 12. The van der Waals surface area contributed by atoms with Crippen LogP contribution in [0, 0.1) is 0 Å². The number of ether oxygens (including phenoxy) is 4. The molecule has 0 bridgehead atoms. The van der Waals surface area contributed by atoms with Crippen molar-refractivity contribution in [3.05, 3.63) is 51.6 Å². The molecule has 0 amide bonds. The van der Waals surface area contributed by atoms with E-state index in [1.54, 1.807) is 6.92 Å². The number of hydrogen-bond donors (Lipinski definition) is 5. The molecule has 2 aliphatic carbocycles. The number of Topliss-reactive ketones (excluding diaryl/α,β-unsaturated/α-hetero) is 1. The van der Waals surface area contributed by atoms with Gasteiger partial charge in [-0.3, -0.25) is 19.2 Å². The first-order valence-corrected chi connectivity index (χ1v) is 16.4. The fourth-order valence-corrected chi connectivity index (χ4v) is 6.83. The minimum atomic E-state index is -2.29. The molecule has 0 spiro atoms. The standard InChI is InChI=1S/C35H43NO12.ClH/c1-4-5-6-7-8-12-24(38)46-16-23(37)35(44)14-19-27(22(15-35)48-25-13-20(36)30(39)17(2)47-25)34(43)29-28(32(19)41)31(40)18-10-9-11-21(45-3)26(18)33(29)42;/h9-11,17,20,22,25,30,39,41,43-44H,4-8,12-16,36H2,1-3H3;1H. The first kappa shape index (κ1) is 38.2. The molecule has 49 heavy (non-hydrogen) atoms. The van der Waals surface area contributed by atoms with Gasteiger partial charge in [0.1, 0.15) is 22.8 Å². The molecule has 1 saturated heterocycles. The molecular weight excluding hydrogens is 662 g/mol. The van der Waals surface area contributed by atoms with Crippen LogP contribution in [0.1, 0.15) is 114 Å². The van der Waals surface area contributed by atoms with Gasteiger partial charge in [-0.15, -0.1) is 12.4 Å². The quantitative estimate of drug-likeness (QED) is 0.104. The molecule has 0 saturated carbocycles. The number of methoxy groups -OCH3 is 1. The number of phenols is 2. The van der Waals surface area contributed by atoms with Crippen LogP contribution in [0.5, 0.6) is 17.2 Å². The van der Waals surface area contributed by atoms with Crippen LogP contribution in [0.3, 0.4) is 0 Å². The van der Waals surface area contributed by atoms with Gasteiger partial charge in [0, 0.05) is 48.4 Å². The monoisotopic (exact) mass is 705 g/mol. The van der Waals surface area contributed by atoms with E-state index in [0.29, 0.717) is 6.42 Å². The lowest BCUT2D eigenvalue weighted by atomic mass is 9.72. The number of aromatic hydroxyl groups is 2. The van der Waals surface area contributed by atoms with Crippen LogP contribution in [0.2, 0.25) is 0 Å². The molecule has 6 N–H and O–H groups in total. The third-order valence-electron chi connectivity index (χ3n) is 9.51. The molecule has 2 aromatic rings. The van der Waals surface area contributed by atoms with E-state index in [4.69, 9.17) is 24.7 Å². The van der Waals surface area contributed by atoms with Gasteiger partial charge in [-0.2, -0.15) is 0 Å². The number of esters is 1. The van der Waals surface area contributed by atoms with Crippen molar-refractivity contribution in [3.8, 4) is 17.2 Å². The van der Waals surface area contributed by atoms with Gasteiger partial charge >= 0.3 is 5.97 Å². The number of aliphatic hydroxyl groups is 2. The first-order valence-electron chi connectivity index (χ1n) is 16.4. The Morgan fingerprint density at radius 1 is 1.04 bits per heavy atom. The third kappa shape index (κ3) is 7.33. The molecule has 2 aromatic carbocycles. The summed E-state index contributed by atoms with van der Waals surface area (Å²) in [6.45, 7) is 2.90. The molecule has 0 radical (unpaired) electrons. The number of carbonyl (C=O) groups is 4. The number of halogens is 1. The lowest BCUT2D eigenvalue weighted by Crippen LogP contribution is -2.53. The second kappa shape index (κ2) is 15.5. The van der Waals surface area contributed by atoms with Crippen LogP contribution in [-0.2, 0) is 30.2 Å². The molecule has 13 nitrogen and oxygen atoms in total. The first-order chi connectivity index (χ1) is 22.8. The van der Waals surface area contributed by atoms with Crippen molar-refractivity contribution >= 4 is 35.7 Å². The summed E-state index contributed by atoms with van der Waals surface area (Å²) in [6.07, 6.45) is -0.679. The van der Waals surface area contributed by atoms with Crippen molar-refractivity contribution in [2.75, 3.05) is 13.7 Å². The van der Waals surface area contributed by atoms with Crippen molar-refractivity contribution < 1.29 is 58.6 Å². The number of phenolic OH excluding ortho intramolecular Hbond substituents is 2. The highest BCUT2D eigenvalue weighted by Crippen LogP contribution is 2.52. The summed E-state index contributed by atoms with van der Waals surface area (Å²) in [5.74, 6) is -4.33. The van der Waals surface area contributed by atoms with E-state index in [1.165, 1.54) is 25.3 Å². The Morgan fingerprint density at radius 2 is 1.73 bits per heavy atom. The number of ketones is 3. The predicted octanol–water partition coefficient (Wildman–Crippen LogP) is 3.33. The van der Waals surface area contributed by atoms with Gasteiger partial charge in [0.05, 0.1) is 42.1 Å². The van der Waals surface area contributed by atoms with Crippen molar-refractivity contribution in [2.45, 2.75) is 108 Å². The number of carbonyl (C=O) groups excluding carboxylic acids is 4. The maximum Gasteiger partial charge on any atom is 0.306 e. The summed E-state index contributed by atoms with van der Waals surface area (Å²) in [6, 6.07) is 3.63. The third-order valence-corrected chi connectivity index (χ3v) is 9.51. The number of nitrogens with two attached hydrogens (primary N) is 1. The lowest BCUT2D eigenvalue weighted by molar-refractivity contribution is -0.247. The Kier molecular flexibility index (Phi) is 12.1. The number of unbranched alkanes of at least 4 members (excludes halogenated alkanes) is 4. The van der Waals surface area contributed by atoms with E-state index in [0.717, 1.165) is 25.7 Å². The van der Waals surface area contributed by atoms with Gasteiger partial charge in [-0.1, -0.05) is 44.7 Å². The SMILES string of the molecule is CCCCCCCC(=O)OCC(=O)C1(O)Cc2c(O)c3c(c(O)c2C(OC2CC(N)C(O)C(C)O2)C1)C(=O)c1c(OC)cccc1C3=O.Cl. The average molecular weight is 706 g/mol. The van der Waals surface area contributed by atoms with Gasteiger partial charge < -0.3 is 45.1 Å². The minimum Gasteiger partial charge on any atom is -0.507 e. The van der Waals surface area contributed by atoms with Crippen LogP contribution in [0.4, 0.5) is 0 Å². The van der Waals surface area contributed by atoms with Crippen LogP contribution in [0.15, 0.2) is 18.2 Å². The normalized spacial score (nSPS) is 25.8. The van der Waals surface area contributed by atoms with E-state index < -0.39 is 102 Å². The second-order valence-corrected chi connectivity index (χ2v) is 12.8. The van der Waals surface area contributed by atoms with Crippen molar-refractivity contribution in [3.63, 3.8) is 0 Å². The van der Waals surface area contributed by atoms with Crippen molar-refractivity contribution in [1.82, 2.24) is 0 Å². The Morgan fingerprint density at radius 3 is 2.41 bits per heavy atom. The van der Waals surface area contributed by atoms with Crippen molar-refractivity contribution in [1.29, 1.82) is 0 Å². The summed E-state index contributed by atoms with van der Waals surface area (Å²) in [7, 11) is 1.33. The fraction of sp³-hybridized carbons (Fsp3) is 0.543. The number of hydrogen-bond acceptors (Lipinski definition) is 13. The zero-order valence-corrected chi connectivity index (χ0v) is 28.5. The van der Waals surface area contributed by atoms with E-state index in [9.17, 15) is 39.6 Å². The largest absolute Gasteiger partial charge is 0.507 e. The van der Waals surface area contributed by atoms with E-state index in [2.05, 4.69) is 6.92 Å². The second-order valence-electron chi connectivity index (χ2n) is 12.8. The maximum atomic E-state index is 13.9. The molecule has 0 aromatic heterocycles. The zero-order chi connectivity index (χ0) is 34.9. The minimum absolute atomic E-state index is 0. The highest BCUT2D eigenvalue weighted by Gasteiger charge is 2.50. The molecular formula is C35H44ClNO12. The predicted molar refractivity (Wildman–Crippen MR) is 176 cm³/mol. The van der Waals surface area contributed by atoms with E-state index in [1.807, 2.05) is 0 Å². The van der Waals surface area contributed by atoms with Crippen LogP contribution in [-0.4, -0.2) is 87.6 Å². The number of fused-ring (bicyclic) bond motifs is 3. The number of benzene rings is 2. The molecule has 1 fully saturated rings. The van der Waals surface area contributed by atoms with Crippen LogP contribution in [0.25, 0.3) is 0 Å². The Balaban J connectivity index is 0.00000541. The molecule has 1 aliphatic heterocycles. The number of aliphatic hydroxyl groups excluding tert-OH is 1. The highest BCUT2D eigenvalue weighted by molar-refractivity contribution is 6.31. The van der Waals surface area contributed by atoms with Gasteiger partial charge in [0.2, 0.25) is 11.6 Å². The summed E-state index contributed by atoms with van der Waals surface area (Å²) >= 11 is 0. The molecule has 5 rings (SSSR count). The average Bonchev–Trinajstić information content (AvgIpc) is 3.05. The van der Waals surface area contributed by atoms with E-state index >= 15 is 0 Å². The molecule has 3 aliphatic rings. The topological polar surface area (TPSA) is 212 Å². The summed E-state index contributed by atoms with van der Waals surface area (Å²) in [4.78, 5) is 53.5. The molecule has 6 atom stereocenters. The smallest absolute Gasteiger partial charge is 0.306 e. The lowest BCUT2D eigenvalue weighted by Gasteiger charge is -2.42. The Bertz CT molecular complexity index is 1600. The molecule has 6 unspecified atom stereocenters. The van der Waals surface area contributed by atoms with Gasteiger partial charge in [0.15, 0.2) is 18.7 Å². The molecule has 1 heterocycles. The molecule has 268 valence electrons. The van der Waals surface area contributed by atoms with Crippen LogP contribution < -0.4 is 10.5 Å². The highest BCUT2D eigenvalue weighted by atomic mass is 35.5. The summed E-state index contributed by atoms with van der Waals surface area (Å²) in [5, 5.41) is 45.4. The fourth-order valence-electron chi connectivity index (χ4n) is 6.83. The molecule has 14 heteroatoms.